The summed E-state index contributed by atoms with van der Waals surface area (Å²) in [5.41, 5.74) is 3.40. The summed E-state index contributed by atoms with van der Waals surface area (Å²) in [6.45, 7) is 3.92. The number of carbonyl (C=O) groups excluding carboxylic acids is 2. The number of ether oxygens (including phenoxy) is 2. The average Bonchev–Trinajstić information content (AvgIpc) is 3.16. The van der Waals surface area contributed by atoms with Crippen LogP contribution in [0.15, 0.2) is 52.3 Å². The zero-order valence-electron chi connectivity index (χ0n) is 16.6. The summed E-state index contributed by atoms with van der Waals surface area (Å²) < 4.78 is 11.7. The zero-order valence-corrected chi connectivity index (χ0v) is 19.0. The van der Waals surface area contributed by atoms with Gasteiger partial charge in [0.05, 0.1) is 12.1 Å². The van der Waals surface area contributed by atoms with Crippen LogP contribution in [0, 0.1) is 13.8 Å². The molecule has 156 valence electrons. The number of esters is 1. The highest BCUT2D eigenvalue weighted by Gasteiger charge is 2.12. The lowest BCUT2D eigenvalue weighted by atomic mass is 10.2. The third-order valence-electron chi connectivity index (χ3n) is 4.11. The van der Waals surface area contributed by atoms with Crippen LogP contribution in [-0.2, 0) is 27.4 Å². The van der Waals surface area contributed by atoms with E-state index in [1.165, 1.54) is 11.3 Å². The molecule has 0 aliphatic rings. The highest BCUT2D eigenvalue weighted by atomic mass is 79.9. The number of rotatable bonds is 8. The molecule has 0 fully saturated rings. The molecule has 0 unspecified atom stereocenters. The highest BCUT2D eigenvalue weighted by Crippen LogP contribution is 2.20. The van der Waals surface area contributed by atoms with Crippen molar-refractivity contribution in [2.75, 3.05) is 11.9 Å². The molecule has 0 radical (unpaired) electrons. The Kier molecular flexibility index (Phi) is 7.59. The molecule has 0 aliphatic carbocycles. The molecule has 0 atom stereocenters. The van der Waals surface area contributed by atoms with Crippen LogP contribution in [0.5, 0.6) is 5.75 Å². The summed E-state index contributed by atoms with van der Waals surface area (Å²) in [5.74, 6) is -0.132. The minimum Gasteiger partial charge on any atom is -0.486 e. The van der Waals surface area contributed by atoms with E-state index in [1.54, 1.807) is 11.4 Å². The topological polar surface area (TPSA) is 77.5 Å². The molecule has 1 aromatic heterocycles. The van der Waals surface area contributed by atoms with Crippen molar-refractivity contribution in [3.05, 3.63) is 74.1 Å². The van der Waals surface area contributed by atoms with Gasteiger partial charge in [0, 0.05) is 15.5 Å². The van der Waals surface area contributed by atoms with E-state index in [1.807, 2.05) is 50.2 Å². The quantitative estimate of drug-likeness (QED) is 0.459. The lowest BCUT2D eigenvalue weighted by Gasteiger charge is -2.07. The predicted molar refractivity (Wildman–Crippen MR) is 120 cm³/mol. The Morgan fingerprint density at radius 2 is 1.90 bits per heavy atom. The lowest BCUT2D eigenvalue weighted by molar-refractivity contribution is -0.146. The molecular formula is C22H21BrN2O4S. The SMILES string of the molecule is Cc1ccc(OCc2nc(CC(=O)OCC(=O)Nc3ccc(Br)c(C)c3)cs2)cc1. The maximum atomic E-state index is 12.0. The third-order valence-corrected chi connectivity index (χ3v) is 5.87. The van der Waals surface area contributed by atoms with Crippen molar-refractivity contribution in [3.8, 4) is 5.75 Å². The van der Waals surface area contributed by atoms with Gasteiger partial charge in [-0.25, -0.2) is 4.98 Å². The molecule has 2 aromatic carbocycles. The van der Waals surface area contributed by atoms with Crippen LogP contribution < -0.4 is 10.1 Å². The fourth-order valence-corrected chi connectivity index (χ4v) is 3.49. The summed E-state index contributed by atoms with van der Waals surface area (Å²) in [6, 6.07) is 13.2. The first kappa shape index (κ1) is 22.0. The molecule has 1 amide bonds. The van der Waals surface area contributed by atoms with E-state index in [4.69, 9.17) is 9.47 Å². The van der Waals surface area contributed by atoms with Gasteiger partial charge in [-0.1, -0.05) is 33.6 Å². The molecule has 0 saturated carbocycles. The summed E-state index contributed by atoms with van der Waals surface area (Å²) in [7, 11) is 0. The Morgan fingerprint density at radius 3 is 2.63 bits per heavy atom. The van der Waals surface area contributed by atoms with Gasteiger partial charge in [-0.3, -0.25) is 9.59 Å². The van der Waals surface area contributed by atoms with Crippen molar-refractivity contribution >= 4 is 44.8 Å². The molecule has 3 aromatic rings. The van der Waals surface area contributed by atoms with E-state index in [0.717, 1.165) is 26.4 Å². The Morgan fingerprint density at radius 1 is 1.13 bits per heavy atom. The largest absolute Gasteiger partial charge is 0.486 e. The second kappa shape index (κ2) is 10.4. The van der Waals surface area contributed by atoms with Gasteiger partial charge in [-0.15, -0.1) is 11.3 Å². The van der Waals surface area contributed by atoms with Crippen LogP contribution in [-0.4, -0.2) is 23.5 Å². The zero-order chi connectivity index (χ0) is 21.5. The number of aryl methyl sites for hydroxylation is 2. The number of benzene rings is 2. The lowest BCUT2D eigenvalue weighted by Crippen LogP contribution is -2.21. The van der Waals surface area contributed by atoms with Crippen molar-refractivity contribution in [2.24, 2.45) is 0 Å². The number of halogens is 1. The summed E-state index contributed by atoms with van der Waals surface area (Å²) >= 11 is 4.82. The number of hydrogen-bond acceptors (Lipinski definition) is 6. The second-order valence-electron chi connectivity index (χ2n) is 6.68. The number of nitrogens with zero attached hydrogens (tertiary/aromatic N) is 1. The summed E-state index contributed by atoms with van der Waals surface area (Å²) in [5, 5.41) is 5.26. The van der Waals surface area contributed by atoms with Gasteiger partial charge in [0.1, 0.15) is 17.4 Å². The maximum Gasteiger partial charge on any atom is 0.312 e. The molecule has 0 spiro atoms. The summed E-state index contributed by atoms with van der Waals surface area (Å²) in [6.07, 6.45) is 0.00566. The molecule has 30 heavy (non-hydrogen) atoms. The van der Waals surface area contributed by atoms with Gasteiger partial charge in [-0.05, 0) is 49.7 Å². The van der Waals surface area contributed by atoms with Gasteiger partial charge in [0.25, 0.3) is 5.91 Å². The first-order valence-electron chi connectivity index (χ1n) is 9.23. The Labute approximate surface area is 187 Å². The molecule has 3 rings (SSSR count). The molecule has 1 heterocycles. The normalized spacial score (nSPS) is 10.5. The van der Waals surface area contributed by atoms with Gasteiger partial charge in [0.2, 0.25) is 0 Å². The predicted octanol–water partition coefficient (Wildman–Crippen LogP) is 4.83. The van der Waals surface area contributed by atoms with Gasteiger partial charge >= 0.3 is 5.97 Å². The minimum absolute atomic E-state index is 0.00566. The molecular weight excluding hydrogens is 468 g/mol. The van der Waals surface area contributed by atoms with Crippen molar-refractivity contribution in [1.82, 2.24) is 4.98 Å². The smallest absolute Gasteiger partial charge is 0.312 e. The van der Waals surface area contributed by atoms with Crippen molar-refractivity contribution in [3.63, 3.8) is 0 Å². The average molecular weight is 489 g/mol. The molecule has 0 saturated heterocycles. The van der Waals surface area contributed by atoms with Gasteiger partial charge in [0.15, 0.2) is 6.61 Å². The van der Waals surface area contributed by atoms with E-state index in [9.17, 15) is 9.59 Å². The van der Waals surface area contributed by atoms with Crippen LogP contribution >= 0.6 is 27.3 Å². The van der Waals surface area contributed by atoms with Crippen LogP contribution in [0.1, 0.15) is 21.8 Å². The molecule has 1 N–H and O–H groups in total. The number of amides is 1. The molecule has 8 heteroatoms. The van der Waals surface area contributed by atoms with Crippen LogP contribution in [0.25, 0.3) is 0 Å². The third kappa shape index (κ3) is 6.67. The monoisotopic (exact) mass is 488 g/mol. The maximum absolute atomic E-state index is 12.0. The standard InChI is InChI=1S/C22H21BrN2O4S/c1-14-3-6-18(7-4-14)28-12-21-25-17(13-30-21)10-22(27)29-11-20(26)24-16-5-8-19(23)15(2)9-16/h3-9,13H,10-12H2,1-2H3,(H,24,26). The molecule has 0 bridgehead atoms. The highest BCUT2D eigenvalue weighted by molar-refractivity contribution is 9.10. The fraction of sp³-hybridized carbons (Fsp3) is 0.227. The molecule has 0 aliphatic heterocycles. The summed E-state index contributed by atoms with van der Waals surface area (Å²) in [4.78, 5) is 28.4. The number of aromatic nitrogens is 1. The van der Waals surface area contributed by atoms with E-state index in [-0.39, 0.29) is 13.0 Å². The van der Waals surface area contributed by atoms with Gasteiger partial charge in [-0.2, -0.15) is 0 Å². The first-order chi connectivity index (χ1) is 14.4. The number of carbonyl (C=O) groups is 2. The van der Waals surface area contributed by atoms with Crippen LogP contribution in [0.3, 0.4) is 0 Å². The van der Waals surface area contributed by atoms with Gasteiger partial charge < -0.3 is 14.8 Å². The number of anilines is 1. The fourth-order valence-electron chi connectivity index (χ4n) is 2.54. The van der Waals surface area contributed by atoms with Crippen molar-refractivity contribution in [2.45, 2.75) is 26.9 Å². The van der Waals surface area contributed by atoms with Crippen LogP contribution in [0.4, 0.5) is 5.69 Å². The second-order valence-corrected chi connectivity index (χ2v) is 8.48. The van der Waals surface area contributed by atoms with E-state index in [2.05, 4.69) is 26.2 Å². The van der Waals surface area contributed by atoms with Crippen LogP contribution in [0.2, 0.25) is 0 Å². The van der Waals surface area contributed by atoms with Crippen molar-refractivity contribution < 1.29 is 19.1 Å². The number of nitrogens with one attached hydrogen (secondary N) is 1. The Balaban J connectivity index is 1.41. The van der Waals surface area contributed by atoms with E-state index < -0.39 is 11.9 Å². The molecule has 6 nitrogen and oxygen atoms in total. The first-order valence-corrected chi connectivity index (χ1v) is 10.9. The Bertz CT molecular complexity index is 1030. The van der Waals surface area contributed by atoms with E-state index in [0.29, 0.717) is 18.0 Å². The number of thiazole rings is 1. The Hall–Kier alpha value is -2.71. The van der Waals surface area contributed by atoms with E-state index >= 15 is 0 Å². The number of hydrogen-bond donors (Lipinski definition) is 1. The van der Waals surface area contributed by atoms with Crippen molar-refractivity contribution in [1.29, 1.82) is 0 Å². The minimum atomic E-state index is -0.506.